The molecule has 5 aliphatic rings. The number of likely N-dealkylation sites (tertiary alicyclic amines) is 1. The van der Waals surface area contributed by atoms with E-state index >= 15 is 0 Å². The number of carbonyl (C=O) groups excluding carboxylic acids is 5. The largest absolute Gasteiger partial charge is 0.454 e. The number of nitrogens with zero attached hydrogens (tertiary/aromatic N) is 2. The highest BCUT2D eigenvalue weighted by molar-refractivity contribution is 7.91. The first-order valence-electron chi connectivity index (χ1n) is 17.5. The molecule has 6 rings (SSSR count). The minimum Gasteiger partial charge on any atom is -0.454 e. The van der Waals surface area contributed by atoms with Crippen molar-refractivity contribution in [2.75, 3.05) is 13.3 Å². The van der Waals surface area contributed by atoms with Crippen molar-refractivity contribution in [1.29, 1.82) is 0 Å². The molecule has 1 unspecified atom stereocenters. The quantitative estimate of drug-likeness (QED) is 0.319. The highest BCUT2D eigenvalue weighted by atomic mass is 32.2. The van der Waals surface area contributed by atoms with E-state index in [1.165, 1.54) is 9.80 Å². The van der Waals surface area contributed by atoms with E-state index in [2.05, 4.69) is 15.4 Å². The molecule has 0 aromatic heterocycles. The third-order valence-electron chi connectivity index (χ3n) is 9.94. The molecule has 3 N–H and O–H groups in total. The summed E-state index contributed by atoms with van der Waals surface area (Å²) in [7, 11) is -3.88. The van der Waals surface area contributed by atoms with Crippen LogP contribution in [-0.2, 0) is 47.0 Å². The molecule has 16 nitrogen and oxygen atoms in total. The summed E-state index contributed by atoms with van der Waals surface area (Å²) in [6, 6.07) is 1.35. The summed E-state index contributed by atoms with van der Waals surface area (Å²) in [6.07, 6.45) is -0.816. The fourth-order valence-electron chi connectivity index (χ4n) is 6.93. The Balaban J connectivity index is 1.20. The molecule has 0 radical (unpaired) electrons. The zero-order valence-corrected chi connectivity index (χ0v) is 30.6. The molecule has 0 spiro atoms. The average Bonchev–Trinajstić information content (AvgIpc) is 3.86. The molecule has 17 heteroatoms. The monoisotopic (exact) mass is 733 g/mol. The third kappa shape index (κ3) is 7.67. The van der Waals surface area contributed by atoms with Crippen LogP contribution in [0.15, 0.2) is 12.1 Å². The summed E-state index contributed by atoms with van der Waals surface area (Å²) in [5.41, 5.74) is -0.543. The van der Waals surface area contributed by atoms with Gasteiger partial charge in [0.05, 0.1) is 11.8 Å². The predicted molar refractivity (Wildman–Crippen MR) is 180 cm³/mol. The van der Waals surface area contributed by atoms with Crippen LogP contribution in [-0.4, -0.2) is 96.0 Å². The molecule has 1 aromatic carbocycles. The predicted octanol–water partition coefficient (Wildman–Crippen LogP) is 2.28. The van der Waals surface area contributed by atoms with Crippen LogP contribution in [0.4, 0.5) is 9.59 Å². The van der Waals surface area contributed by atoms with Crippen molar-refractivity contribution >= 4 is 39.9 Å². The van der Waals surface area contributed by atoms with E-state index in [4.69, 9.17) is 18.9 Å². The maximum Gasteiger partial charge on any atom is 0.410 e. The Bertz CT molecular complexity index is 1690. The molecule has 51 heavy (non-hydrogen) atoms. The Morgan fingerprint density at radius 3 is 2.20 bits per heavy atom. The molecule has 5 amide bonds. The van der Waals surface area contributed by atoms with Gasteiger partial charge in [-0.15, -0.1) is 0 Å². The van der Waals surface area contributed by atoms with E-state index in [0.717, 1.165) is 11.1 Å². The number of nitrogens with one attached hydrogen (secondary N) is 3. The normalized spacial score (nSPS) is 25.6. The summed E-state index contributed by atoms with van der Waals surface area (Å²) in [6.45, 7) is 10.9. The molecule has 280 valence electrons. The van der Waals surface area contributed by atoms with Crippen LogP contribution >= 0.6 is 0 Å². The van der Waals surface area contributed by atoms with Crippen LogP contribution in [0.5, 0.6) is 11.5 Å². The SMILES string of the molecule is CC[C@H]1C[C@@]1(NC(=O)C1C[C@@H](OC(=O)N2Cc3cc4c(cc3C2)OCO4)CN1C(=O)[C@@H](NC(=O)OC(C)(C)C)C(C)C)C(=O)NS(=O)(=O)C1CC1. The fraction of sp³-hybridized carbons (Fsp3) is 0.676. The van der Waals surface area contributed by atoms with Crippen LogP contribution in [0.3, 0.4) is 0 Å². The van der Waals surface area contributed by atoms with Gasteiger partial charge in [0.2, 0.25) is 28.6 Å². The van der Waals surface area contributed by atoms with Crippen LogP contribution < -0.4 is 24.8 Å². The van der Waals surface area contributed by atoms with Gasteiger partial charge < -0.3 is 34.5 Å². The highest BCUT2D eigenvalue weighted by Gasteiger charge is 2.62. The van der Waals surface area contributed by atoms with Gasteiger partial charge in [-0.1, -0.05) is 27.2 Å². The number of hydrogen-bond acceptors (Lipinski definition) is 11. The van der Waals surface area contributed by atoms with Crippen molar-refractivity contribution in [2.45, 2.75) is 121 Å². The van der Waals surface area contributed by atoms with Crippen LogP contribution in [0, 0.1) is 11.8 Å². The Morgan fingerprint density at radius 2 is 1.67 bits per heavy atom. The van der Waals surface area contributed by atoms with Gasteiger partial charge in [-0.05, 0) is 75.1 Å². The van der Waals surface area contributed by atoms with Gasteiger partial charge in [-0.2, -0.15) is 0 Å². The van der Waals surface area contributed by atoms with Crippen molar-refractivity contribution in [2.24, 2.45) is 11.8 Å². The Labute approximate surface area is 297 Å². The van der Waals surface area contributed by atoms with Crippen LogP contribution in [0.2, 0.25) is 0 Å². The number of benzene rings is 1. The molecule has 1 aromatic rings. The number of alkyl carbamates (subject to hydrolysis) is 1. The van der Waals surface area contributed by atoms with Crippen molar-refractivity contribution < 1.29 is 51.3 Å². The Hall–Kier alpha value is -4.28. The maximum atomic E-state index is 14.2. The topological polar surface area (TPSA) is 199 Å². The molecular formula is C34H47N5O11S. The van der Waals surface area contributed by atoms with Crippen molar-refractivity contribution in [3.63, 3.8) is 0 Å². The summed E-state index contributed by atoms with van der Waals surface area (Å²) in [5, 5.41) is 4.77. The zero-order valence-electron chi connectivity index (χ0n) is 29.8. The first-order valence-corrected chi connectivity index (χ1v) is 19.0. The lowest BCUT2D eigenvalue weighted by Gasteiger charge is -2.31. The van der Waals surface area contributed by atoms with Crippen molar-refractivity contribution in [3.8, 4) is 11.5 Å². The molecule has 2 saturated carbocycles. The molecule has 3 heterocycles. The number of sulfonamides is 1. The molecular weight excluding hydrogens is 686 g/mol. The Morgan fingerprint density at radius 1 is 1.04 bits per heavy atom. The van der Waals surface area contributed by atoms with Gasteiger partial charge >= 0.3 is 12.2 Å². The van der Waals surface area contributed by atoms with Gasteiger partial charge in [-0.25, -0.2) is 18.0 Å². The molecule has 0 bridgehead atoms. The number of ether oxygens (including phenoxy) is 4. The number of rotatable bonds is 10. The fourth-order valence-corrected chi connectivity index (χ4v) is 8.30. The van der Waals surface area contributed by atoms with Crippen molar-refractivity contribution in [3.05, 3.63) is 23.3 Å². The van der Waals surface area contributed by atoms with E-state index in [0.29, 0.717) is 30.8 Å². The number of hydrogen-bond donors (Lipinski definition) is 3. The minimum absolute atomic E-state index is 0.0911. The van der Waals surface area contributed by atoms with E-state index in [9.17, 15) is 32.4 Å². The first-order chi connectivity index (χ1) is 23.9. The lowest BCUT2D eigenvalue weighted by Crippen LogP contribution is -2.59. The van der Waals surface area contributed by atoms with Gasteiger partial charge in [-0.3, -0.25) is 24.0 Å². The van der Waals surface area contributed by atoms with Crippen LogP contribution in [0.25, 0.3) is 0 Å². The van der Waals surface area contributed by atoms with Gasteiger partial charge in [0, 0.05) is 19.5 Å². The molecule has 3 fully saturated rings. The maximum absolute atomic E-state index is 14.2. The molecule has 5 atom stereocenters. The molecule has 1 saturated heterocycles. The average molecular weight is 734 g/mol. The smallest absolute Gasteiger partial charge is 0.410 e. The highest BCUT2D eigenvalue weighted by Crippen LogP contribution is 2.47. The first kappa shape index (κ1) is 36.5. The number of amides is 5. The summed E-state index contributed by atoms with van der Waals surface area (Å²) < 4.78 is 49.6. The Kier molecular flexibility index (Phi) is 9.57. The minimum atomic E-state index is -3.88. The van der Waals surface area contributed by atoms with E-state index in [1.807, 2.05) is 19.1 Å². The van der Waals surface area contributed by atoms with Crippen LogP contribution in [0.1, 0.15) is 84.8 Å². The molecule has 2 aliphatic carbocycles. The summed E-state index contributed by atoms with van der Waals surface area (Å²) >= 11 is 0. The third-order valence-corrected chi connectivity index (χ3v) is 11.8. The second kappa shape index (κ2) is 13.4. The van der Waals surface area contributed by atoms with Crippen molar-refractivity contribution in [1.82, 2.24) is 25.2 Å². The summed E-state index contributed by atoms with van der Waals surface area (Å²) in [4.78, 5) is 70.7. The lowest BCUT2D eigenvalue weighted by molar-refractivity contribution is -0.142. The van der Waals surface area contributed by atoms with Gasteiger partial charge in [0.1, 0.15) is 29.3 Å². The zero-order chi connectivity index (χ0) is 37.0. The number of carbonyl (C=O) groups is 5. The van der Waals surface area contributed by atoms with Gasteiger partial charge in [0.15, 0.2) is 11.5 Å². The number of fused-ring (bicyclic) bond motifs is 2. The van der Waals surface area contributed by atoms with E-state index in [1.54, 1.807) is 34.6 Å². The lowest BCUT2D eigenvalue weighted by atomic mass is 10.0. The second-order valence-corrected chi connectivity index (χ2v) is 17.4. The summed E-state index contributed by atoms with van der Waals surface area (Å²) in [5.74, 6) is -1.66. The van der Waals surface area contributed by atoms with E-state index < -0.39 is 80.4 Å². The molecule has 3 aliphatic heterocycles. The second-order valence-electron chi connectivity index (χ2n) is 15.4. The standard InChI is InChI=1S/C34H47N5O11S/c1-7-21-13-34(21,30(42)37-51(45,46)23-8-9-23)36-28(40)24-12-22(16-39(24)29(41)27(18(2)3)35-31(43)50-33(4,5)6)49-32(44)38-14-19-10-25-26(48-17-47-25)11-20(19)15-38/h10-11,18,21-24,27H,7-9,12-17H2,1-6H3,(H,35,43)(H,36,40)(H,37,42)/t21-,22+,24?,27-,34-/m0/s1. The van der Waals surface area contributed by atoms with E-state index in [-0.39, 0.29) is 45.2 Å². The van der Waals surface area contributed by atoms with Gasteiger partial charge in [0.25, 0.3) is 5.91 Å².